The van der Waals surface area contributed by atoms with Crippen molar-refractivity contribution in [3.05, 3.63) is 66.4 Å². The molecule has 0 bridgehead atoms. The number of hydrogen-bond acceptors (Lipinski definition) is 5. The van der Waals surface area contributed by atoms with E-state index in [-0.39, 0.29) is 11.9 Å². The number of benzene rings is 1. The Hall–Kier alpha value is -3.06. The first-order valence-electron chi connectivity index (χ1n) is 11.1. The molecule has 2 fully saturated rings. The highest BCUT2D eigenvalue weighted by Crippen LogP contribution is 2.30. The van der Waals surface area contributed by atoms with Crippen molar-refractivity contribution >= 4 is 5.91 Å². The first kappa shape index (κ1) is 19.9. The molecule has 0 radical (unpaired) electrons. The van der Waals surface area contributed by atoms with E-state index in [0.717, 1.165) is 62.1 Å². The van der Waals surface area contributed by atoms with Gasteiger partial charge in [-0.05, 0) is 49.8 Å². The molecule has 1 amide bonds. The molecule has 1 saturated carbocycles. The summed E-state index contributed by atoms with van der Waals surface area (Å²) in [5.41, 5.74) is 3.80. The van der Waals surface area contributed by atoms with Crippen LogP contribution in [0.15, 0.2) is 55.2 Å². The van der Waals surface area contributed by atoms with E-state index >= 15 is 0 Å². The summed E-state index contributed by atoms with van der Waals surface area (Å²) < 4.78 is 7.50. The van der Waals surface area contributed by atoms with Crippen molar-refractivity contribution in [3.63, 3.8) is 0 Å². The molecule has 0 spiro atoms. The molecule has 2 aliphatic rings. The standard InChI is InChI=1S/C24H27N5O2/c30-24(18-3-1-17(2-4-18)19-9-12-31-16-19)28-21-5-7-22(8-6-21)29-15-20(13-27-29)23-14-25-10-11-26-23/h1-4,10-11,13-15,19,21-22H,5-9,12,16H2,(H,28,30). The predicted molar refractivity (Wildman–Crippen MR) is 117 cm³/mol. The summed E-state index contributed by atoms with van der Waals surface area (Å²) in [5.74, 6) is 0.478. The average molecular weight is 418 g/mol. The number of carbonyl (C=O) groups excluding carboxylic acids is 1. The van der Waals surface area contributed by atoms with Crippen LogP contribution in [-0.2, 0) is 4.74 Å². The lowest BCUT2D eigenvalue weighted by molar-refractivity contribution is 0.0921. The Labute approximate surface area is 181 Å². The maximum absolute atomic E-state index is 12.7. The molecule has 2 aromatic heterocycles. The van der Waals surface area contributed by atoms with E-state index in [9.17, 15) is 4.79 Å². The van der Waals surface area contributed by atoms with Crippen LogP contribution in [0, 0.1) is 0 Å². The topological polar surface area (TPSA) is 81.9 Å². The Morgan fingerprint density at radius 1 is 1.03 bits per heavy atom. The second-order valence-corrected chi connectivity index (χ2v) is 8.46. The molecule has 3 heterocycles. The molecule has 3 aromatic rings. The highest BCUT2D eigenvalue weighted by Gasteiger charge is 2.25. The van der Waals surface area contributed by atoms with Crippen molar-refractivity contribution in [2.24, 2.45) is 0 Å². The van der Waals surface area contributed by atoms with Gasteiger partial charge in [0.05, 0.1) is 30.7 Å². The van der Waals surface area contributed by atoms with Gasteiger partial charge in [-0.3, -0.25) is 19.4 Å². The second-order valence-electron chi connectivity index (χ2n) is 8.46. The van der Waals surface area contributed by atoms with Crippen molar-refractivity contribution < 1.29 is 9.53 Å². The Kier molecular flexibility index (Phi) is 5.76. The Balaban J connectivity index is 1.14. The van der Waals surface area contributed by atoms with Gasteiger partial charge in [0.1, 0.15) is 0 Å². The minimum absolute atomic E-state index is 0.0155. The van der Waals surface area contributed by atoms with Crippen LogP contribution >= 0.6 is 0 Å². The van der Waals surface area contributed by atoms with E-state index in [2.05, 4.69) is 32.5 Å². The molecule has 1 aromatic carbocycles. The monoisotopic (exact) mass is 417 g/mol. The number of amides is 1. The van der Waals surface area contributed by atoms with Gasteiger partial charge in [0.2, 0.25) is 0 Å². The summed E-state index contributed by atoms with van der Waals surface area (Å²) in [6.45, 7) is 1.61. The van der Waals surface area contributed by atoms with Crippen molar-refractivity contribution in [3.8, 4) is 11.3 Å². The van der Waals surface area contributed by atoms with Crippen LogP contribution in [0.4, 0.5) is 0 Å². The molecule has 31 heavy (non-hydrogen) atoms. The SMILES string of the molecule is O=C(NC1CCC(n2cc(-c3cnccn3)cn2)CC1)c1ccc(C2CCOC2)cc1. The zero-order valence-corrected chi connectivity index (χ0v) is 17.5. The fourth-order valence-corrected chi connectivity index (χ4v) is 4.58. The van der Waals surface area contributed by atoms with E-state index < -0.39 is 0 Å². The number of hydrogen-bond donors (Lipinski definition) is 1. The zero-order chi connectivity index (χ0) is 21.0. The maximum Gasteiger partial charge on any atom is 0.251 e. The van der Waals surface area contributed by atoms with E-state index in [4.69, 9.17) is 4.74 Å². The third kappa shape index (κ3) is 4.51. The molecule has 160 valence electrons. The van der Waals surface area contributed by atoms with Gasteiger partial charge in [-0.25, -0.2) is 0 Å². The summed E-state index contributed by atoms with van der Waals surface area (Å²) in [7, 11) is 0. The first-order valence-corrected chi connectivity index (χ1v) is 11.1. The van der Waals surface area contributed by atoms with Crippen LogP contribution in [0.3, 0.4) is 0 Å². The van der Waals surface area contributed by atoms with Crippen LogP contribution in [-0.4, -0.2) is 44.9 Å². The fraction of sp³-hybridized carbons (Fsp3) is 0.417. The Morgan fingerprint density at radius 2 is 1.87 bits per heavy atom. The average Bonchev–Trinajstić information content (AvgIpc) is 3.53. The van der Waals surface area contributed by atoms with Gasteiger partial charge in [-0.1, -0.05) is 12.1 Å². The molecule has 5 rings (SSSR count). The minimum atomic E-state index is 0.0155. The van der Waals surface area contributed by atoms with Gasteiger partial charge in [0, 0.05) is 48.3 Å². The number of carbonyl (C=O) groups is 1. The molecule has 1 N–H and O–H groups in total. The smallest absolute Gasteiger partial charge is 0.251 e. The second kappa shape index (κ2) is 8.98. The van der Waals surface area contributed by atoms with Gasteiger partial charge in [0.15, 0.2) is 0 Å². The minimum Gasteiger partial charge on any atom is -0.381 e. The summed E-state index contributed by atoms with van der Waals surface area (Å²) in [6, 6.07) is 8.57. The molecule has 1 unspecified atom stereocenters. The van der Waals surface area contributed by atoms with Crippen LogP contribution < -0.4 is 5.32 Å². The molecule has 7 heteroatoms. The van der Waals surface area contributed by atoms with Crippen molar-refractivity contribution in [1.29, 1.82) is 0 Å². The van der Waals surface area contributed by atoms with Crippen molar-refractivity contribution in [2.75, 3.05) is 13.2 Å². The first-order chi connectivity index (χ1) is 15.3. The molecule has 7 nitrogen and oxygen atoms in total. The summed E-state index contributed by atoms with van der Waals surface area (Å²) in [6.07, 6.45) is 14.0. The molecule has 1 aliphatic heterocycles. The molecule has 1 saturated heterocycles. The lowest BCUT2D eigenvalue weighted by Gasteiger charge is -2.29. The lowest BCUT2D eigenvalue weighted by atomic mass is 9.91. The third-order valence-electron chi connectivity index (χ3n) is 6.44. The van der Waals surface area contributed by atoms with Crippen LogP contribution in [0.2, 0.25) is 0 Å². The molecular formula is C24H27N5O2. The molecule has 1 aliphatic carbocycles. The third-order valence-corrected chi connectivity index (χ3v) is 6.44. The van der Waals surface area contributed by atoms with E-state index in [1.54, 1.807) is 18.6 Å². The quantitative estimate of drug-likeness (QED) is 0.684. The number of ether oxygens (including phenoxy) is 1. The van der Waals surface area contributed by atoms with Crippen LogP contribution in [0.1, 0.15) is 60.0 Å². The highest BCUT2D eigenvalue weighted by molar-refractivity contribution is 5.94. The van der Waals surface area contributed by atoms with Gasteiger partial charge in [-0.2, -0.15) is 5.10 Å². The number of nitrogens with one attached hydrogen (secondary N) is 1. The maximum atomic E-state index is 12.7. The largest absolute Gasteiger partial charge is 0.381 e. The van der Waals surface area contributed by atoms with Crippen molar-refractivity contribution in [2.45, 2.75) is 50.1 Å². The fourth-order valence-electron chi connectivity index (χ4n) is 4.58. The predicted octanol–water partition coefficient (Wildman–Crippen LogP) is 3.76. The van der Waals surface area contributed by atoms with Crippen LogP contribution in [0.5, 0.6) is 0 Å². The Morgan fingerprint density at radius 3 is 2.58 bits per heavy atom. The van der Waals surface area contributed by atoms with E-state index in [0.29, 0.717) is 12.0 Å². The molecule has 1 atom stereocenters. The van der Waals surface area contributed by atoms with Gasteiger partial charge >= 0.3 is 0 Å². The van der Waals surface area contributed by atoms with Gasteiger partial charge < -0.3 is 10.1 Å². The summed E-state index contributed by atoms with van der Waals surface area (Å²) in [4.78, 5) is 21.2. The van der Waals surface area contributed by atoms with Crippen LogP contribution in [0.25, 0.3) is 11.3 Å². The number of nitrogens with zero attached hydrogens (tertiary/aromatic N) is 4. The van der Waals surface area contributed by atoms with Crippen molar-refractivity contribution in [1.82, 2.24) is 25.1 Å². The van der Waals surface area contributed by atoms with E-state index in [1.807, 2.05) is 29.2 Å². The number of aromatic nitrogens is 4. The zero-order valence-electron chi connectivity index (χ0n) is 17.5. The summed E-state index contributed by atoms with van der Waals surface area (Å²) in [5, 5.41) is 7.76. The normalized spacial score (nSPS) is 23.5. The molecular weight excluding hydrogens is 390 g/mol. The van der Waals surface area contributed by atoms with Gasteiger partial charge in [-0.15, -0.1) is 0 Å². The van der Waals surface area contributed by atoms with E-state index in [1.165, 1.54) is 5.56 Å². The highest BCUT2D eigenvalue weighted by atomic mass is 16.5. The summed E-state index contributed by atoms with van der Waals surface area (Å²) >= 11 is 0. The number of rotatable bonds is 5. The Bertz CT molecular complexity index is 1000. The lowest BCUT2D eigenvalue weighted by Crippen LogP contribution is -2.38. The van der Waals surface area contributed by atoms with Gasteiger partial charge in [0.25, 0.3) is 5.91 Å².